The lowest BCUT2D eigenvalue weighted by Crippen LogP contribution is -2.29. The van der Waals surface area contributed by atoms with Crippen LogP contribution in [0.15, 0.2) is 51.7 Å². The van der Waals surface area contributed by atoms with E-state index in [0.29, 0.717) is 27.4 Å². The molecule has 0 saturated heterocycles. The van der Waals surface area contributed by atoms with Gasteiger partial charge in [-0.3, -0.25) is 14.5 Å². The molecule has 1 aliphatic rings. The van der Waals surface area contributed by atoms with Gasteiger partial charge in [-0.25, -0.2) is 0 Å². The minimum atomic E-state index is -0.660. The molecule has 4 aromatic rings. The third kappa shape index (κ3) is 2.72. The fourth-order valence-electron chi connectivity index (χ4n) is 3.77. The third-order valence-electron chi connectivity index (χ3n) is 5.18. The van der Waals surface area contributed by atoms with Crippen LogP contribution < -0.4 is 15.1 Å². The van der Waals surface area contributed by atoms with E-state index in [1.54, 1.807) is 31.4 Å². The fourth-order valence-corrected chi connectivity index (χ4v) is 4.48. The van der Waals surface area contributed by atoms with E-state index in [2.05, 4.69) is 10.2 Å². The summed E-state index contributed by atoms with van der Waals surface area (Å²) in [5.74, 6) is 0.328. The second-order valence-corrected chi connectivity index (χ2v) is 8.29. The first kappa shape index (κ1) is 18.5. The molecular formula is C22H17N3O4S. The van der Waals surface area contributed by atoms with Crippen LogP contribution >= 0.6 is 11.3 Å². The first-order chi connectivity index (χ1) is 14.5. The van der Waals surface area contributed by atoms with Crippen LogP contribution in [0.4, 0.5) is 5.13 Å². The molecule has 1 aliphatic heterocycles. The van der Waals surface area contributed by atoms with Crippen LogP contribution in [0.5, 0.6) is 5.75 Å². The number of ether oxygens (including phenoxy) is 1. The topological polar surface area (TPSA) is 85.5 Å². The van der Waals surface area contributed by atoms with E-state index in [1.165, 1.54) is 16.2 Å². The van der Waals surface area contributed by atoms with E-state index >= 15 is 0 Å². The quantitative estimate of drug-likeness (QED) is 0.499. The fraction of sp³-hybridized carbons (Fsp3) is 0.182. The minimum absolute atomic E-state index is 0.0463. The van der Waals surface area contributed by atoms with Gasteiger partial charge in [-0.2, -0.15) is 0 Å². The lowest BCUT2D eigenvalue weighted by molar-refractivity contribution is 0.0970. The Morgan fingerprint density at radius 2 is 1.83 bits per heavy atom. The molecule has 2 aromatic heterocycles. The monoisotopic (exact) mass is 419 g/mol. The van der Waals surface area contributed by atoms with Gasteiger partial charge in [0.25, 0.3) is 5.91 Å². The van der Waals surface area contributed by atoms with Gasteiger partial charge in [0, 0.05) is 0 Å². The number of benzene rings is 2. The summed E-state index contributed by atoms with van der Waals surface area (Å²) in [6.45, 7) is 3.73. The Balaban J connectivity index is 1.80. The Labute approximate surface area is 175 Å². The summed E-state index contributed by atoms with van der Waals surface area (Å²) in [6.07, 6.45) is 0. The standard InChI is InChI=1S/C22H17N3O4S/c1-11-4-9-16-15(10-11)19(26)17-18(13-5-7-14(28-3)8-6-13)25(21(27)20(17)29-16)22-24-23-12(2)30-22/h4-10,18H,1-3H3/t18-/m0/s1. The molecule has 0 spiro atoms. The zero-order chi connectivity index (χ0) is 21.0. The predicted molar refractivity (Wildman–Crippen MR) is 114 cm³/mol. The van der Waals surface area contributed by atoms with Crippen molar-refractivity contribution in [2.24, 2.45) is 0 Å². The molecule has 0 bridgehead atoms. The van der Waals surface area contributed by atoms with Gasteiger partial charge in [0.15, 0.2) is 5.43 Å². The van der Waals surface area contributed by atoms with Gasteiger partial charge < -0.3 is 9.15 Å². The highest BCUT2D eigenvalue weighted by Gasteiger charge is 2.45. The van der Waals surface area contributed by atoms with E-state index < -0.39 is 11.9 Å². The number of aryl methyl sites for hydroxylation is 2. The predicted octanol–water partition coefficient (Wildman–Crippen LogP) is 4.02. The summed E-state index contributed by atoms with van der Waals surface area (Å²) >= 11 is 1.29. The van der Waals surface area contributed by atoms with Gasteiger partial charge in [0.2, 0.25) is 10.9 Å². The summed E-state index contributed by atoms with van der Waals surface area (Å²) in [7, 11) is 1.59. The van der Waals surface area contributed by atoms with Crippen LogP contribution in [0.3, 0.4) is 0 Å². The van der Waals surface area contributed by atoms with Crippen molar-refractivity contribution in [3.63, 3.8) is 0 Å². The number of carbonyl (C=O) groups is 1. The zero-order valence-electron chi connectivity index (χ0n) is 16.5. The lowest BCUT2D eigenvalue weighted by Gasteiger charge is -2.22. The SMILES string of the molecule is COc1ccc([C@H]2c3c(oc4ccc(C)cc4c3=O)C(=O)N2c2nnc(C)s2)cc1. The highest BCUT2D eigenvalue weighted by atomic mass is 32.1. The molecule has 0 N–H and O–H groups in total. The first-order valence-corrected chi connectivity index (χ1v) is 10.1. The van der Waals surface area contributed by atoms with E-state index in [0.717, 1.165) is 16.1 Å². The highest BCUT2D eigenvalue weighted by Crippen LogP contribution is 2.42. The van der Waals surface area contributed by atoms with Crippen LogP contribution in [0.25, 0.3) is 11.0 Å². The Bertz CT molecular complexity index is 1360. The second kappa shape index (κ2) is 6.77. The maximum Gasteiger partial charge on any atom is 0.297 e. The van der Waals surface area contributed by atoms with E-state index in [-0.39, 0.29) is 11.2 Å². The molecule has 3 heterocycles. The largest absolute Gasteiger partial charge is 0.497 e. The van der Waals surface area contributed by atoms with Crippen molar-refractivity contribution >= 4 is 33.3 Å². The van der Waals surface area contributed by atoms with Gasteiger partial charge in [-0.15, -0.1) is 10.2 Å². The number of fused-ring (bicyclic) bond motifs is 2. The average Bonchev–Trinajstić information content (AvgIpc) is 3.30. The Morgan fingerprint density at radius 1 is 1.07 bits per heavy atom. The van der Waals surface area contributed by atoms with Gasteiger partial charge in [0.05, 0.1) is 24.1 Å². The summed E-state index contributed by atoms with van der Waals surface area (Å²) in [4.78, 5) is 28.4. The summed E-state index contributed by atoms with van der Waals surface area (Å²) < 4.78 is 11.2. The molecule has 5 rings (SSSR count). The number of hydrogen-bond acceptors (Lipinski definition) is 7. The first-order valence-electron chi connectivity index (χ1n) is 9.33. The maximum atomic E-state index is 13.5. The van der Waals surface area contributed by atoms with Crippen LogP contribution in [-0.2, 0) is 0 Å². The van der Waals surface area contributed by atoms with Crippen molar-refractivity contribution in [2.45, 2.75) is 19.9 Å². The van der Waals surface area contributed by atoms with Gasteiger partial charge in [-0.05, 0) is 43.7 Å². The van der Waals surface area contributed by atoms with Crippen LogP contribution in [0, 0.1) is 13.8 Å². The molecule has 30 heavy (non-hydrogen) atoms. The number of aromatic nitrogens is 2. The molecule has 2 aromatic carbocycles. The molecule has 150 valence electrons. The molecule has 0 fully saturated rings. The molecular weight excluding hydrogens is 402 g/mol. The maximum absolute atomic E-state index is 13.5. The second-order valence-electron chi connectivity index (χ2n) is 7.13. The Morgan fingerprint density at radius 3 is 2.50 bits per heavy atom. The Hall–Kier alpha value is -3.52. The molecule has 8 heteroatoms. The summed E-state index contributed by atoms with van der Waals surface area (Å²) in [6, 6.07) is 12.0. The molecule has 0 aliphatic carbocycles. The molecule has 7 nitrogen and oxygen atoms in total. The van der Waals surface area contributed by atoms with Crippen LogP contribution in [-0.4, -0.2) is 23.2 Å². The van der Waals surface area contributed by atoms with Gasteiger partial charge in [-0.1, -0.05) is 35.1 Å². The number of rotatable bonds is 3. The van der Waals surface area contributed by atoms with Crippen molar-refractivity contribution in [1.82, 2.24) is 10.2 Å². The number of carbonyl (C=O) groups excluding carboxylic acids is 1. The summed E-state index contributed by atoms with van der Waals surface area (Å²) in [5, 5.41) is 9.81. The molecule has 0 unspecified atom stereocenters. The molecule has 0 saturated carbocycles. The average molecular weight is 419 g/mol. The highest BCUT2D eigenvalue weighted by molar-refractivity contribution is 7.15. The van der Waals surface area contributed by atoms with Crippen molar-refractivity contribution in [2.75, 3.05) is 12.0 Å². The molecule has 1 atom stereocenters. The molecule has 1 amide bonds. The van der Waals surface area contributed by atoms with E-state index in [9.17, 15) is 9.59 Å². The van der Waals surface area contributed by atoms with Crippen LogP contribution in [0.1, 0.15) is 38.3 Å². The van der Waals surface area contributed by atoms with Crippen molar-refractivity contribution in [3.05, 3.63) is 80.1 Å². The Kier molecular flexibility index (Phi) is 4.18. The number of nitrogens with zero attached hydrogens (tertiary/aromatic N) is 3. The van der Waals surface area contributed by atoms with Crippen molar-refractivity contribution < 1.29 is 13.9 Å². The number of hydrogen-bond donors (Lipinski definition) is 0. The van der Waals surface area contributed by atoms with Crippen LogP contribution in [0.2, 0.25) is 0 Å². The molecule has 0 radical (unpaired) electrons. The lowest BCUT2D eigenvalue weighted by atomic mass is 9.98. The number of anilines is 1. The van der Waals surface area contributed by atoms with Gasteiger partial charge >= 0.3 is 0 Å². The van der Waals surface area contributed by atoms with E-state index in [1.807, 2.05) is 32.0 Å². The third-order valence-corrected chi connectivity index (χ3v) is 6.02. The summed E-state index contributed by atoms with van der Waals surface area (Å²) in [5.41, 5.74) is 2.19. The van der Waals surface area contributed by atoms with Crippen molar-refractivity contribution in [3.8, 4) is 5.75 Å². The smallest absolute Gasteiger partial charge is 0.297 e. The number of methoxy groups -OCH3 is 1. The zero-order valence-corrected chi connectivity index (χ0v) is 17.3. The van der Waals surface area contributed by atoms with E-state index in [4.69, 9.17) is 9.15 Å². The van der Waals surface area contributed by atoms with Crippen molar-refractivity contribution in [1.29, 1.82) is 0 Å². The normalized spacial score (nSPS) is 15.6. The number of amides is 1. The minimum Gasteiger partial charge on any atom is -0.497 e. The van der Waals surface area contributed by atoms with Gasteiger partial charge in [0.1, 0.15) is 16.3 Å².